The molecule has 0 aliphatic rings. The highest BCUT2D eigenvalue weighted by Crippen LogP contribution is 2.46. The quantitative estimate of drug-likeness (QED) is 0.231. The minimum Gasteiger partial charge on any atom is -0.258 e. The summed E-state index contributed by atoms with van der Waals surface area (Å²) in [5, 5.41) is 15.0. The molecule has 102 valence electrons. The van der Waals surface area contributed by atoms with Gasteiger partial charge in [-0.25, -0.2) is 0 Å². The van der Waals surface area contributed by atoms with Gasteiger partial charge in [0, 0.05) is 20.9 Å². The van der Waals surface area contributed by atoms with Crippen molar-refractivity contribution in [1.82, 2.24) is 0 Å². The maximum absolute atomic E-state index is 11.7. The fourth-order valence-electron chi connectivity index (χ4n) is 2.68. The van der Waals surface area contributed by atoms with Gasteiger partial charge in [-0.1, -0.05) is 42.5 Å². The van der Waals surface area contributed by atoms with E-state index in [1.54, 1.807) is 12.1 Å². The predicted octanol–water partition coefficient (Wildman–Crippen LogP) is 5.72. The molecular weight excluding hydrogens is 397 g/mol. The first-order valence-electron chi connectivity index (χ1n) is 6.76. The van der Waals surface area contributed by atoms with Gasteiger partial charge in [0.1, 0.15) is 0 Å². The molecule has 1 heterocycles. The molecule has 0 amide bonds. The lowest BCUT2D eigenvalue weighted by Crippen LogP contribution is -1.93. The summed E-state index contributed by atoms with van der Waals surface area (Å²) in [6, 6.07) is 13.5. The van der Waals surface area contributed by atoms with Gasteiger partial charge in [0.15, 0.2) is 0 Å². The minimum absolute atomic E-state index is 0.145. The van der Waals surface area contributed by atoms with Crippen LogP contribution >= 0.6 is 33.9 Å². The molecule has 0 fully saturated rings. The Labute approximate surface area is 138 Å². The molecule has 4 rings (SSSR count). The van der Waals surface area contributed by atoms with E-state index in [1.165, 1.54) is 11.3 Å². The van der Waals surface area contributed by atoms with Crippen molar-refractivity contribution in [2.75, 3.05) is 0 Å². The number of rotatable bonds is 1. The Kier molecular flexibility index (Phi) is 2.62. The lowest BCUT2D eigenvalue weighted by molar-refractivity contribution is -0.383. The third-order valence-corrected chi connectivity index (χ3v) is 5.82. The van der Waals surface area contributed by atoms with Gasteiger partial charge in [-0.15, -0.1) is 11.3 Å². The Morgan fingerprint density at radius 2 is 1.76 bits per heavy atom. The summed E-state index contributed by atoms with van der Waals surface area (Å²) in [7, 11) is 0. The average molecular weight is 406 g/mol. The largest absolute Gasteiger partial charge is 0.292 e. The summed E-state index contributed by atoms with van der Waals surface area (Å²) in [5.41, 5.74) is 0.145. The highest BCUT2D eigenvalue weighted by molar-refractivity contribution is 14.1. The summed E-state index contributed by atoms with van der Waals surface area (Å²) in [6.07, 6.45) is 0. The van der Waals surface area contributed by atoms with Crippen LogP contribution in [0.5, 0.6) is 0 Å². The van der Waals surface area contributed by atoms with Crippen molar-refractivity contribution in [3.05, 3.63) is 62.2 Å². The lowest BCUT2D eigenvalue weighted by atomic mass is 10.0. The van der Waals surface area contributed by atoms with Crippen LogP contribution in [-0.2, 0) is 0 Å². The van der Waals surface area contributed by atoms with Gasteiger partial charge >= 0.3 is 0 Å². The van der Waals surface area contributed by atoms with Crippen LogP contribution in [0.4, 0.5) is 5.69 Å². The molecule has 0 spiro atoms. The van der Waals surface area contributed by atoms with Crippen LogP contribution in [0.15, 0.2) is 48.5 Å². The maximum Gasteiger partial charge on any atom is 0.292 e. The molecule has 0 radical (unpaired) electrons. The number of nitro benzene ring substituents is 1. The van der Waals surface area contributed by atoms with E-state index in [4.69, 9.17) is 1.37 Å². The molecule has 4 aromatic rings. The van der Waals surface area contributed by atoms with Crippen molar-refractivity contribution in [1.29, 1.82) is 0 Å². The molecule has 3 nitrogen and oxygen atoms in total. The van der Waals surface area contributed by atoms with Crippen LogP contribution in [0.1, 0.15) is 1.37 Å². The van der Waals surface area contributed by atoms with E-state index < -0.39 is 0 Å². The summed E-state index contributed by atoms with van der Waals surface area (Å²) in [4.78, 5) is 11.4. The second kappa shape index (κ2) is 4.64. The van der Waals surface area contributed by atoms with Crippen LogP contribution in [0.2, 0.25) is 0 Å². The van der Waals surface area contributed by atoms with Crippen molar-refractivity contribution in [3.63, 3.8) is 0 Å². The smallest absolute Gasteiger partial charge is 0.258 e. The van der Waals surface area contributed by atoms with Crippen molar-refractivity contribution in [2.45, 2.75) is 0 Å². The van der Waals surface area contributed by atoms with E-state index >= 15 is 0 Å². The van der Waals surface area contributed by atoms with Crippen LogP contribution in [0.25, 0.3) is 30.9 Å². The van der Waals surface area contributed by atoms with E-state index in [0.717, 1.165) is 25.6 Å². The summed E-state index contributed by atoms with van der Waals surface area (Å²) >= 11 is 3.52. The molecule has 0 saturated carbocycles. The number of halogens is 1. The van der Waals surface area contributed by atoms with Crippen LogP contribution in [0, 0.1) is 13.7 Å². The SMILES string of the molecule is [2H]c1cccc2c1sc1c3ccccc3c(I)c([N+](=O)[O-])c21. The first-order chi connectivity index (χ1) is 10.6. The fourth-order valence-corrected chi connectivity index (χ4v) is 4.83. The monoisotopic (exact) mass is 406 g/mol. The molecule has 3 aromatic carbocycles. The van der Waals surface area contributed by atoms with Crippen molar-refractivity contribution >= 4 is 70.6 Å². The van der Waals surface area contributed by atoms with E-state index in [9.17, 15) is 10.1 Å². The number of thiophene rings is 1. The fraction of sp³-hybridized carbons (Fsp3) is 0. The molecule has 0 atom stereocenters. The third-order valence-electron chi connectivity index (χ3n) is 3.55. The molecule has 0 saturated heterocycles. The number of nitrogens with zero attached hydrogens (tertiary/aromatic N) is 1. The Morgan fingerprint density at radius 1 is 1.10 bits per heavy atom. The maximum atomic E-state index is 11.7. The second-order valence-corrected chi connectivity index (χ2v) is 6.78. The predicted molar refractivity (Wildman–Crippen MR) is 96.2 cm³/mol. The van der Waals surface area contributed by atoms with Gasteiger partial charge in [0.25, 0.3) is 5.69 Å². The number of hydrogen-bond donors (Lipinski definition) is 0. The van der Waals surface area contributed by atoms with E-state index in [-0.39, 0.29) is 10.6 Å². The zero-order valence-electron chi connectivity index (χ0n) is 11.6. The number of nitro groups is 1. The lowest BCUT2D eigenvalue weighted by Gasteiger charge is -2.05. The molecule has 21 heavy (non-hydrogen) atoms. The van der Waals surface area contributed by atoms with Crippen LogP contribution in [0.3, 0.4) is 0 Å². The second-order valence-electron chi connectivity index (χ2n) is 4.68. The van der Waals surface area contributed by atoms with Crippen LogP contribution in [-0.4, -0.2) is 4.92 Å². The van der Waals surface area contributed by atoms with Gasteiger partial charge in [-0.05, 0) is 28.6 Å². The highest BCUT2D eigenvalue weighted by Gasteiger charge is 2.24. The Morgan fingerprint density at radius 3 is 2.52 bits per heavy atom. The van der Waals surface area contributed by atoms with Crippen molar-refractivity contribution in [2.24, 2.45) is 0 Å². The number of fused-ring (bicyclic) bond motifs is 5. The zero-order valence-corrected chi connectivity index (χ0v) is 13.6. The third kappa shape index (κ3) is 1.77. The first kappa shape index (κ1) is 11.9. The van der Waals surface area contributed by atoms with E-state index in [1.807, 2.05) is 30.3 Å². The van der Waals surface area contributed by atoms with Crippen molar-refractivity contribution in [3.8, 4) is 0 Å². The van der Waals surface area contributed by atoms with Gasteiger partial charge in [0.05, 0.1) is 20.0 Å². The Bertz CT molecular complexity index is 1090. The molecule has 0 aliphatic heterocycles. The van der Waals surface area contributed by atoms with Crippen molar-refractivity contribution < 1.29 is 6.29 Å². The molecular formula is C16H8INO2S. The normalized spacial score (nSPS) is 12.1. The zero-order chi connectivity index (χ0) is 15.4. The number of benzene rings is 3. The minimum atomic E-state index is -0.306. The van der Waals surface area contributed by atoms with E-state index in [2.05, 4.69) is 22.6 Å². The first-order valence-corrected chi connectivity index (χ1v) is 8.15. The van der Waals surface area contributed by atoms with E-state index in [0.29, 0.717) is 15.0 Å². The summed E-state index contributed by atoms with van der Waals surface area (Å²) in [6.45, 7) is 0. The van der Waals surface area contributed by atoms with Gasteiger partial charge in [-0.2, -0.15) is 0 Å². The van der Waals surface area contributed by atoms with Gasteiger partial charge in [-0.3, -0.25) is 10.1 Å². The molecule has 0 bridgehead atoms. The Balaban J connectivity index is 2.42. The summed E-state index contributed by atoms with van der Waals surface area (Å²) < 4.78 is 10.4. The summed E-state index contributed by atoms with van der Waals surface area (Å²) in [5.74, 6) is 0. The number of hydrogen-bond acceptors (Lipinski definition) is 3. The molecule has 1 aromatic heterocycles. The molecule has 5 heteroatoms. The molecule has 0 unspecified atom stereocenters. The van der Waals surface area contributed by atoms with Gasteiger partial charge in [0.2, 0.25) is 0 Å². The molecule has 0 N–H and O–H groups in total. The Hall–Kier alpha value is -1.73. The standard InChI is InChI=1S/C16H8INO2S/c17-14-9-5-1-2-6-10(9)16-13(15(14)18(19)20)11-7-3-4-8-12(11)21-16/h1-8H/i8D. The van der Waals surface area contributed by atoms with Gasteiger partial charge < -0.3 is 0 Å². The average Bonchev–Trinajstić information content (AvgIpc) is 2.88. The topological polar surface area (TPSA) is 43.1 Å². The van der Waals surface area contributed by atoms with Crippen LogP contribution < -0.4 is 0 Å². The molecule has 0 aliphatic carbocycles. The highest BCUT2D eigenvalue weighted by atomic mass is 127.